The molecule has 1 aliphatic rings. The quantitative estimate of drug-likeness (QED) is 0.786. The van der Waals surface area contributed by atoms with Crippen molar-refractivity contribution in [1.29, 1.82) is 0 Å². The van der Waals surface area contributed by atoms with Gasteiger partial charge in [-0.15, -0.1) is 0 Å². The number of benzene rings is 1. The van der Waals surface area contributed by atoms with E-state index in [0.717, 1.165) is 12.8 Å². The van der Waals surface area contributed by atoms with Crippen molar-refractivity contribution in [3.63, 3.8) is 0 Å². The number of halogens is 1. The zero-order chi connectivity index (χ0) is 11.4. The van der Waals surface area contributed by atoms with E-state index in [1.807, 2.05) is 0 Å². The van der Waals surface area contributed by atoms with Crippen molar-refractivity contribution in [1.82, 2.24) is 0 Å². The lowest BCUT2D eigenvalue weighted by atomic mass is 9.96. The molecular formula is C13H15FO2. The van der Waals surface area contributed by atoms with Crippen LogP contribution < -0.4 is 0 Å². The first-order valence-electron chi connectivity index (χ1n) is 5.62. The van der Waals surface area contributed by atoms with Crippen LogP contribution in [0.2, 0.25) is 0 Å². The van der Waals surface area contributed by atoms with E-state index >= 15 is 0 Å². The molecule has 0 spiro atoms. The lowest BCUT2D eigenvalue weighted by molar-refractivity contribution is -0.123. The van der Waals surface area contributed by atoms with Crippen LogP contribution >= 0.6 is 0 Å². The van der Waals surface area contributed by atoms with Gasteiger partial charge in [0.15, 0.2) is 0 Å². The standard InChI is InChI=1S/C13H15FO2/c14-13-4-2-1-3-10(13)9-16-12-7-5-11(15)6-8-12/h1-4,12H,5-9H2. The van der Waals surface area contributed by atoms with Crippen LogP contribution in [-0.4, -0.2) is 11.9 Å². The molecule has 1 saturated carbocycles. The number of ketones is 1. The van der Waals surface area contributed by atoms with Crippen LogP contribution in [0.1, 0.15) is 31.2 Å². The van der Waals surface area contributed by atoms with Crippen LogP contribution in [-0.2, 0) is 16.1 Å². The van der Waals surface area contributed by atoms with Gasteiger partial charge in [0, 0.05) is 18.4 Å². The summed E-state index contributed by atoms with van der Waals surface area (Å²) in [5.41, 5.74) is 0.583. The topological polar surface area (TPSA) is 26.3 Å². The molecule has 0 saturated heterocycles. The largest absolute Gasteiger partial charge is 0.373 e. The Hall–Kier alpha value is -1.22. The summed E-state index contributed by atoms with van der Waals surface area (Å²) in [6.45, 7) is 0.297. The molecule has 0 unspecified atom stereocenters. The van der Waals surface area contributed by atoms with E-state index in [1.165, 1.54) is 6.07 Å². The fraction of sp³-hybridized carbons (Fsp3) is 0.462. The summed E-state index contributed by atoms with van der Waals surface area (Å²) in [6, 6.07) is 6.62. The van der Waals surface area contributed by atoms with E-state index in [9.17, 15) is 9.18 Å². The lowest BCUT2D eigenvalue weighted by Gasteiger charge is -2.21. The fourth-order valence-electron chi connectivity index (χ4n) is 1.90. The lowest BCUT2D eigenvalue weighted by Crippen LogP contribution is -2.21. The zero-order valence-electron chi connectivity index (χ0n) is 9.12. The van der Waals surface area contributed by atoms with Crippen molar-refractivity contribution in [3.05, 3.63) is 35.6 Å². The maximum absolute atomic E-state index is 13.3. The van der Waals surface area contributed by atoms with Crippen LogP contribution in [0, 0.1) is 5.82 Å². The number of rotatable bonds is 3. The van der Waals surface area contributed by atoms with E-state index in [2.05, 4.69) is 0 Å². The molecule has 0 atom stereocenters. The summed E-state index contributed by atoms with van der Waals surface area (Å²) in [7, 11) is 0. The Morgan fingerprint density at radius 3 is 2.62 bits per heavy atom. The third-order valence-electron chi connectivity index (χ3n) is 2.92. The van der Waals surface area contributed by atoms with E-state index in [0.29, 0.717) is 30.8 Å². The second-order valence-electron chi connectivity index (χ2n) is 4.14. The van der Waals surface area contributed by atoms with Crippen LogP contribution in [0.25, 0.3) is 0 Å². The molecule has 0 aliphatic heterocycles. The number of hydrogen-bond acceptors (Lipinski definition) is 2. The molecule has 0 radical (unpaired) electrons. The maximum Gasteiger partial charge on any atom is 0.133 e. The summed E-state index contributed by atoms with van der Waals surface area (Å²) in [4.78, 5) is 11.0. The van der Waals surface area contributed by atoms with Crippen LogP contribution in [0.15, 0.2) is 24.3 Å². The average molecular weight is 222 g/mol. The highest BCUT2D eigenvalue weighted by atomic mass is 19.1. The van der Waals surface area contributed by atoms with Crippen molar-refractivity contribution in [3.8, 4) is 0 Å². The first-order valence-corrected chi connectivity index (χ1v) is 5.62. The minimum absolute atomic E-state index is 0.109. The van der Waals surface area contributed by atoms with Gasteiger partial charge in [0.1, 0.15) is 11.6 Å². The number of carbonyl (C=O) groups is 1. The molecule has 2 rings (SSSR count). The molecule has 1 aliphatic carbocycles. The molecule has 0 heterocycles. The van der Waals surface area contributed by atoms with Gasteiger partial charge in [-0.25, -0.2) is 4.39 Å². The predicted molar refractivity (Wildman–Crippen MR) is 58.5 cm³/mol. The van der Waals surface area contributed by atoms with Crippen molar-refractivity contribution in [2.75, 3.05) is 0 Å². The molecule has 0 N–H and O–H groups in total. The average Bonchev–Trinajstić information content (AvgIpc) is 2.30. The van der Waals surface area contributed by atoms with E-state index in [-0.39, 0.29) is 11.9 Å². The van der Waals surface area contributed by atoms with Crippen molar-refractivity contribution in [2.24, 2.45) is 0 Å². The van der Waals surface area contributed by atoms with Gasteiger partial charge in [0.2, 0.25) is 0 Å². The summed E-state index contributed by atoms with van der Waals surface area (Å²) in [5, 5.41) is 0. The van der Waals surface area contributed by atoms with Gasteiger partial charge in [-0.05, 0) is 18.9 Å². The first kappa shape index (κ1) is 11.3. The molecule has 86 valence electrons. The predicted octanol–water partition coefficient (Wildman–Crippen LogP) is 2.85. The highest BCUT2D eigenvalue weighted by molar-refractivity contribution is 5.79. The molecule has 0 amide bonds. The molecule has 16 heavy (non-hydrogen) atoms. The van der Waals surface area contributed by atoms with Crippen molar-refractivity contribution >= 4 is 5.78 Å². The maximum atomic E-state index is 13.3. The van der Waals surface area contributed by atoms with Gasteiger partial charge in [0.25, 0.3) is 0 Å². The Bertz CT molecular complexity index is 366. The van der Waals surface area contributed by atoms with Crippen LogP contribution in [0.3, 0.4) is 0 Å². The van der Waals surface area contributed by atoms with Crippen molar-refractivity contribution < 1.29 is 13.9 Å². The molecule has 1 aromatic rings. The number of Topliss-reactive ketones (excluding diaryl/α,β-unsaturated/α-hetero) is 1. The SMILES string of the molecule is O=C1CCC(OCc2ccccc2F)CC1. The normalized spacial score (nSPS) is 17.7. The first-order chi connectivity index (χ1) is 7.75. The minimum Gasteiger partial charge on any atom is -0.373 e. The monoisotopic (exact) mass is 222 g/mol. The number of carbonyl (C=O) groups excluding carboxylic acids is 1. The summed E-state index contributed by atoms with van der Waals surface area (Å²) in [5.74, 6) is 0.0835. The highest BCUT2D eigenvalue weighted by Gasteiger charge is 2.19. The minimum atomic E-state index is -0.227. The van der Waals surface area contributed by atoms with Gasteiger partial charge < -0.3 is 4.74 Å². The third-order valence-corrected chi connectivity index (χ3v) is 2.92. The number of ether oxygens (including phenoxy) is 1. The van der Waals surface area contributed by atoms with Gasteiger partial charge in [0.05, 0.1) is 12.7 Å². The van der Waals surface area contributed by atoms with E-state index < -0.39 is 0 Å². The molecule has 1 aromatic carbocycles. The molecule has 0 bridgehead atoms. The van der Waals surface area contributed by atoms with Gasteiger partial charge in [-0.2, -0.15) is 0 Å². The van der Waals surface area contributed by atoms with Gasteiger partial charge in [-0.1, -0.05) is 18.2 Å². The molecule has 0 aromatic heterocycles. The Kier molecular flexibility index (Phi) is 3.67. The Morgan fingerprint density at radius 1 is 1.25 bits per heavy atom. The third kappa shape index (κ3) is 2.89. The van der Waals surface area contributed by atoms with E-state index in [1.54, 1.807) is 18.2 Å². The second kappa shape index (κ2) is 5.21. The Labute approximate surface area is 94.4 Å². The highest BCUT2D eigenvalue weighted by Crippen LogP contribution is 2.19. The Balaban J connectivity index is 1.84. The summed E-state index contributed by atoms with van der Waals surface area (Å²) in [6.07, 6.45) is 2.85. The van der Waals surface area contributed by atoms with Gasteiger partial charge in [-0.3, -0.25) is 4.79 Å². The van der Waals surface area contributed by atoms with Crippen LogP contribution in [0.5, 0.6) is 0 Å². The van der Waals surface area contributed by atoms with E-state index in [4.69, 9.17) is 4.74 Å². The van der Waals surface area contributed by atoms with Crippen molar-refractivity contribution in [2.45, 2.75) is 38.4 Å². The van der Waals surface area contributed by atoms with Gasteiger partial charge >= 0.3 is 0 Å². The summed E-state index contributed by atoms with van der Waals surface area (Å²) >= 11 is 0. The smallest absolute Gasteiger partial charge is 0.133 e. The van der Waals surface area contributed by atoms with Crippen LogP contribution in [0.4, 0.5) is 4.39 Å². The molecule has 3 heteroatoms. The number of hydrogen-bond donors (Lipinski definition) is 0. The fourth-order valence-corrected chi connectivity index (χ4v) is 1.90. The summed E-state index contributed by atoms with van der Waals surface area (Å²) < 4.78 is 18.9. The Morgan fingerprint density at radius 2 is 1.94 bits per heavy atom. The molecule has 1 fully saturated rings. The zero-order valence-corrected chi connectivity index (χ0v) is 9.12. The molecule has 2 nitrogen and oxygen atoms in total. The molecular weight excluding hydrogens is 207 g/mol. The second-order valence-corrected chi connectivity index (χ2v) is 4.14.